The summed E-state index contributed by atoms with van der Waals surface area (Å²) in [6.07, 6.45) is 9.80. The van der Waals surface area contributed by atoms with Gasteiger partial charge in [0.1, 0.15) is 0 Å². The molecule has 4 unspecified atom stereocenters. The van der Waals surface area contributed by atoms with Crippen LogP contribution >= 0.6 is 0 Å². The van der Waals surface area contributed by atoms with E-state index in [-0.39, 0.29) is 0 Å². The van der Waals surface area contributed by atoms with E-state index in [1.807, 2.05) is 0 Å². The first-order valence-corrected chi connectivity index (χ1v) is 7.67. The number of allylic oxidation sites excluding steroid dienone is 1. The molecule has 0 heteroatoms. The van der Waals surface area contributed by atoms with Crippen molar-refractivity contribution in [2.75, 3.05) is 0 Å². The van der Waals surface area contributed by atoms with Crippen molar-refractivity contribution in [3.05, 3.63) is 12.2 Å². The van der Waals surface area contributed by atoms with Gasteiger partial charge in [0.25, 0.3) is 0 Å². The lowest BCUT2D eigenvalue weighted by Crippen LogP contribution is -2.08. The van der Waals surface area contributed by atoms with Crippen molar-refractivity contribution in [1.29, 1.82) is 0 Å². The van der Waals surface area contributed by atoms with Crippen molar-refractivity contribution in [3.8, 4) is 0 Å². The Balaban J connectivity index is 2.31. The van der Waals surface area contributed by atoms with Crippen LogP contribution in [0.15, 0.2) is 12.2 Å². The van der Waals surface area contributed by atoms with Crippen LogP contribution in [-0.4, -0.2) is 0 Å². The zero-order chi connectivity index (χ0) is 12.8. The molecular weight excluding hydrogens is 204 g/mol. The number of rotatable bonds is 9. The summed E-state index contributed by atoms with van der Waals surface area (Å²) in [5, 5.41) is 0. The third-order valence-electron chi connectivity index (χ3n) is 4.41. The van der Waals surface area contributed by atoms with E-state index in [0.29, 0.717) is 0 Å². The van der Waals surface area contributed by atoms with Gasteiger partial charge in [0.2, 0.25) is 0 Å². The molecule has 0 aromatic carbocycles. The molecule has 0 N–H and O–H groups in total. The van der Waals surface area contributed by atoms with Crippen LogP contribution in [0.4, 0.5) is 0 Å². The minimum absolute atomic E-state index is 0.921. The summed E-state index contributed by atoms with van der Waals surface area (Å²) in [4.78, 5) is 0. The highest BCUT2D eigenvalue weighted by Gasteiger charge is 2.34. The number of hydrogen-bond donors (Lipinski definition) is 0. The molecule has 100 valence electrons. The molecule has 17 heavy (non-hydrogen) atoms. The molecule has 1 fully saturated rings. The second kappa shape index (κ2) is 7.24. The Hall–Kier alpha value is -0.260. The molecule has 1 aliphatic carbocycles. The van der Waals surface area contributed by atoms with Crippen molar-refractivity contribution >= 4 is 0 Å². The second-order valence-electron chi connectivity index (χ2n) is 6.70. The first-order valence-electron chi connectivity index (χ1n) is 7.67. The van der Waals surface area contributed by atoms with E-state index in [2.05, 4.69) is 34.3 Å². The predicted octanol–water partition coefficient (Wildman–Crippen LogP) is 5.83. The van der Waals surface area contributed by atoms with E-state index >= 15 is 0 Å². The highest BCUT2D eigenvalue weighted by Crippen LogP contribution is 2.44. The van der Waals surface area contributed by atoms with Crippen LogP contribution in [0.5, 0.6) is 0 Å². The summed E-state index contributed by atoms with van der Waals surface area (Å²) in [5.41, 5.74) is 1.36. The molecule has 1 saturated carbocycles. The van der Waals surface area contributed by atoms with Gasteiger partial charge >= 0.3 is 0 Å². The van der Waals surface area contributed by atoms with Gasteiger partial charge in [0, 0.05) is 0 Å². The SMILES string of the molecule is C=C(C)CCC(CC(C)CCC)CC1CC1C. The van der Waals surface area contributed by atoms with Crippen LogP contribution in [0.3, 0.4) is 0 Å². The topological polar surface area (TPSA) is 0 Å². The quantitative estimate of drug-likeness (QED) is 0.442. The lowest BCUT2D eigenvalue weighted by atomic mass is 9.85. The van der Waals surface area contributed by atoms with E-state index < -0.39 is 0 Å². The largest absolute Gasteiger partial charge is 0.100 e. The second-order valence-corrected chi connectivity index (χ2v) is 6.70. The van der Waals surface area contributed by atoms with E-state index in [9.17, 15) is 0 Å². The Labute approximate surface area is 109 Å². The molecule has 0 bridgehead atoms. The van der Waals surface area contributed by atoms with Crippen LogP contribution in [0.2, 0.25) is 0 Å². The molecule has 0 nitrogen and oxygen atoms in total. The Bertz CT molecular complexity index is 228. The molecule has 0 radical (unpaired) electrons. The lowest BCUT2D eigenvalue weighted by molar-refractivity contribution is 0.320. The molecule has 0 aromatic rings. The Morgan fingerprint density at radius 2 is 2.00 bits per heavy atom. The van der Waals surface area contributed by atoms with Crippen molar-refractivity contribution in [1.82, 2.24) is 0 Å². The van der Waals surface area contributed by atoms with E-state index in [1.54, 1.807) is 0 Å². The molecule has 0 aliphatic heterocycles. The first kappa shape index (κ1) is 14.8. The van der Waals surface area contributed by atoms with Gasteiger partial charge in [-0.2, -0.15) is 0 Å². The number of hydrogen-bond acceptors (Lipinski definition) is 0. The molecule has 0 amide bonds. The molecule has 0 saturated heterocycles. The van der Waals surface area contributed by atoms with Gasteiger partial charge in [-0.1, -0.05) is 39.2 Å². The smallest absolute Gasteiger partial charge is 0.0323 e. The third kappa shape index (κ3) is 6.29. The van der Waals surface area contributed by atoms with Gasteiger partial charge in [-0.15, -0.1) is 6.58 Å². The van der Waals surface area contributed by atoms with Gasteiger partial charge < -0.3 is 0 Å². The maximum absolute atomic E-state index is 4.05. The Morgan fingerprint density at radius 1 is 1.35 bits per heavy atom. The molecule has 0 aromatic heterocycles. The van der Waals surface area contributed by atoms with E-state index in [1.165, 1.54) is 50.5 Å². The highest BCUT2D eigenvalue weighted by atomic mass is 14.4. The summed E-state index contributed by atoms with van der Waals surface area (Å²) in [6.45, 7) is 13.4. The van der Waals surface area contributed by atoms with Crippen molar-refractivity contribution in [2.45, 2.75) is 72.6 Å². The summed E-state index contributed by atoms with van der Waals surface area (Å²) in [7, 11) is 0. The van der Waals surface area contributed by atoms with Gasteiger partial charge in [-0.3, -0.25) is 0 Å². The van der Waals surface area contributed by atoms with Crippen LogP contribution < -0.4 is 0 Å². The maximum Gasteiger partial charge on any atom is -0.0323 e. The lowest BCUT2D eigenvalue weighted by Gasteiger charge is -2.21. The van der Waals surface area contributed by atoms with Crippen LogP contribution in [0.25, 0.3) is 0 Å². The fraction of sp³-hybridized carbons (Fsp3) is 0.882. The highest BCUT2D eigenvalue weighted by molar-refractivity contribution is 4.90. The molecule has 0 spiro atoms. The average Bonchev–Trinajstić information content (AvgIpc) is 2.91. The zero-order valence-electron chi connectivity index (χ0n) is 12.5. The summed E-state index contributed by atoms with van der Waals surface area (Å²) in [6, 6.07) is 0. The predicted molar refractivity (Wildman–Crippen MR) is 78.1 cm³/mol. The van der Waals surface area contributed by atoms with Crippen LogP contribution in [-0.2, 0) is 0 Å². The van der Waals surface area contributed by atoms with Crippen LogP contribution in [0.1, 0.15) is 72.6 Å². The van der Waals surface area contributed by atoms with Gasteiger partial charge in [-0.25, -0.2) is 0 Å². The molecule has 1 aliphatic rings. The minimum atomic E-state index is 0.921. The van der Waals surface area contributed by atoms with Gasteiger partial charge in [0.15, 0.2) is 0 Å². The van der Waals surface area contributed by atoms with Crippen molar-refractivity contribution in [3.63, 3.8) is 0 Å². The standard InChI is InChI=1S/C17H32/c1-6-7-14(4)10-16(9-8-13(2)3)12-17-11-15(17)5/h14-17H,2,6-12H2,1,3-5H3. The average molecular weight is 236 g/mol. The molecule has 4 atom stereocenters. The summed E-state index contributed by atoms with van der Waals surface area (Å²) >= 11 is 0. The van der Waals surface area contributed by atoms with Crippen molar-refractivity contribution < 1.29 is 0 Å². The molecule has 0 heterocycles. The fourth-order valence-corrected chi connectivity index (χ4v) is 3.12. The van der Waals surface area contributed by atoms with Gasteiger partial charge in [-0.05, 0) is 62.7 Å². The minimum Gasteiger partial charge on any atom is -0.100 e. The zero-order valence-corrected chi connectivity index (χ0v) is 12.5. The van der Waals surface area contributed by atoms with Gasteiger partial charge in [0.05, 0.1) is 0 Å². The Kier molecular flexibility index (Phi) is 6.30. The van der Waals surface area contributed by atoms with Crippen molar-refractivity contribution in [2.24, 2.45) is 23.7 Å². The summed E-state index contributed by atoms with van der Waals surface area (Å²) < 4.78 is 0. The van der Waals surface area contributed by atoms with Crippen LogP contribution in [0, 0.1) is 23.7 Å². The van der Waals surface area contributed by atoms with E-state index in [4.69, 9.17) is 0 Å². The molecular formula is C17H32. The third-order valence-corrected chi connectivity index (χ3v) is 4.41. The fourth-order valence-electron chi connectivity index (χ4n) is 3.12. The monoisotopic (exact) mass is 236 g/mol. The molecule has 1 rings (SSSR count). The maximum atomic E-state index is 4.05. The normalized spacial score (nSPS) is 26.6. The first-order chi connectivity index (χ1) is 8.02. The summed E-state index contributed by atoms with van der Waals surface area (Å²) in [5.74, 6) is 3.95. The Morgan fingerprint density at radius 3 is 2.47 bits per heavy atom. The van der Waals surface area contributed by atoms with E-state index in [0.717, 1.165) is 23.7 Å².